The van der Waals surface area contributed by atoms with Gasteiger partial charge in [0.25, 0.3) is 11.1 Å². The number of benzene rings is 2. The van der Waals surface area contributed by atoms with E-state index in [2.05, 4.69) is 15.9 Å². The van der Waals surface area contributed by atoms with E-state index in [0.29, 0.717) is 10.8 Å². The maximum atomic E-state index is 12.9. The lowest BCUT2D eigenvalue weighted by molar-refractivity contribution is 0.0866. The zero-order chi connectivity index (χ0) is 16.3. The number of aliphatic hydroxyl groups is 1. The Bertz CT molecular complexity index is 1050. The Hall–Kier alpha value is -1.92. The molecule has 3 atom stereocenters. The van der Waals surface area contributed by atoms with E-state index >= 15 is 0 Å². The van der Waals surface area contributed by atoms with Gasteiger partial charge in [-0.1, -0.05) is 40.2 Å². The second kappa shape index (κ2) is 5.04. The maximum Gasteiger partial charge on any atom is 0.273 e. The number of hydrogen-bond acceptors (Lipinski definition) is 3. The summed E-state index contributed by atoms with van der Waals surface area (Å²) < 4.78 is 2.83. The number of halogens is 1. The van der Waals surface area contributed by atoms with Gasteiger partial charge in [-0.05, 0) is 29.8 Å². The van der Waals surface area contributed by atoms with Gasteiger partial charge in [0.2, 0.25) is 0 Å². The van der Waals surface area contributed by atoms with E-state index in [1.807, 2.05) is 31.2 Å². The summed E-state index contributed by atoms with van der Waals surface area (Å²) in [6, 6.07) is 10.9. The summed E-state index contributed by atoms with van der Waals surface area (Å²) in [6.45, 7) is 1.93. The number of aromatic nitrogens is 2. The first-order valence-electron chi connectivity index (χ1n) is 7.49. The number of fused-ring (bicyclic) bond motifs is 3. The van der Waals surface area contributed by atoms with Crippen LogP contribution in [-0.4, -0.2) is 25.4 Å². The molecule has 5 nitrogen and oxygen atoms in total. The molecular weight excluding hydrogens is 360 g/mol. The van der Waals surface area contributed by atoms with Gasteiger partial charge >= 0.3 is 0 Å². The fourth-order valence-electron chi connectivity index (χ4n) is 3.37. The molecule has 0 amide bonds. The third-order valence-corrected chi connectivity index (χ3v) is 6.00. The van der Waals surface area contributed by atoms with E-state index in [-0.39, 0.29) is 28.5 Å². The molecule has 1 N–H and O–H groups in total. The van der Waals surface area contributed by atoms with Crippen LogP contribution in [0.3, 0.4) is 0 Å². The second-order valence-corrected chi connectivity index (χ2v) is 7.09. The fraction of sp³-hybridized carbons (Fsp3) is 0.294. The van der Waals surface area contributed by atoms with Crippen molar-refractivity contribution in [1.29, 1.82) is 0 Å². The van der Waals surface area contributed by atoms with E-state index in [1.165, 1.54) is 9.36 Å². The number of alkyl halides is 1. The molecule has 0 aliphatic carbocycles. The lowest BCUT2D eigenvalue weighted by Gasteiger charge is -2.34. The summed E-state index contributed by atoms with van der Waals surface area (Å²) in [5, 5.41) is 12.8. The highest BCUT2D eigenvalue weighted by molar-refractivity contribution is 9.09. The van der Waals surface area contributed by atoms with Crippen molar-refractivity contribution in [3.8, 4) is 0 Å². The molecule has 2 heterocycles. The highest BCUT2D eigenvalue weighted by Gasteiger charge is 2.33. The van der Waals surface area contributed by atoms with Gasteiger partial charge < -0.3 is 5.11 Å². The van der Waals surface area contributed by atoms with Gasteiger partial charge in [-0.2, -0.15) is 0 Å². The van der Waals surface area contributed by atoms with E-state index < -0.39 is 6.10 Å². The van der Waals surface area contributed by atoms with E-state index in [1.54, 1.807) is 12.1 Å². The fourth-order valence-corrected chi connectivity index (χ4v) is 3.77. The number of nitrogens with zero attached hydrogens (tertiary/aromatic N) is 2. The molecule has 1 aliphatic heterocycles. The van der Waals surface area contributed by atoms with Gasteiger partial charge in [-0.25, -0.2) is 9.36 Å². The zero-order valence-corrected chi connectivity index (χ0v) is 14.0. The number of hydrogen-bond donors (Lipinski definition) is 1. The molecule has 0 spiro atoms. The summed E-state index contributed by atoms with van der Waals surface area (Å²) in [7, 11) is 0. The minimum absolute atomic E-state index is 0.108. The SMILES string of the molecule is CC1[C@@H](Br)[C@H](O)Cn2c(=O)c3cc4ccccc4cc3c(=O)n21. The van der Waals surface area contributed by atoms with Crippen LogP contribution in [0.1, 0.15) is 13.0 Å². The van der Waals surface area contributed by atoms with Crippen LogP contribution in [0.4, 0.5) is 0 Å². The largest absolute Gasteiger partial charge is 0.390 e. The monoisotopic (exact) mass is 374 g/mol. The molecule has 23 heavy (non-hydrogen) atoms. The van der Waals surface area contributed by atoms with Crippen LogP contribution in [-0.2, 0) is 6.54 Å². The van der Waals surface area contributed by atoms with E-state index in [4.69, 9.17) is 0 Å². The third kappa shape index (κ3) is 2.01. The molecule has 6 heteroatoms. The van der Waals surface area contributed by atoms with Crippen molar-refractivity contribution in [2.24, 2.45) is 0 Å². The molecule has 0 radical (unpaired) electrons. The van der Waals surface area contributed by atoms with Gasteiger partial charge in [0.1, 0.15) is 0 Å². The summed E-state index contributed by atoms with van der Waals surface area (Å²) in [4.78, 5) is 25.5. The minimum atomic E-state index is -0.708. The predicted octanol–water partition coefficient (Wildman–Crippen LogP) is 2.02. The molecule has 0 bridgehead atoms. The van der Waals surface area contributed by atoms with Gasteiger partial charge in [0.15, 0.2) is 0 Å². The van der Waals surface area contributed by atoms with Crippen LogP contribution in [0.15, 0.2) is 46.0 Å². The Morgan fingerprint density at radius 2 is 1.65 bits per heavy atom. The molecule has 3 aromatic rings. The average Bonchev–Trinajstić information content (AvgIpc) is 2.56. The molecule has 1 aliphatic rings. The van der Waals surface area contributed by atoms with Crippen LogP contribution in [0.25, 0.3) is 21.5 Å². The van der Waals surface area contributed by atoms with Gasteiger partial charge in [0, 0.05) is 0 Å². The molecule has 4 rings (SSSR count). The molecule has 0 saturated heterocycles. The molecular formula is C17H15BrN2O3. The Labute approximate surface area is 139 Å². The lowest BCUT2D eigenvalue weighted by Crippen LogP contribution is -2.51. The van der Waals surface area contributed by atoms with E-state index in [9.17, 15) is 14.7 Å². The van der Waals surface area contributed by atoms with Crippen molar-refractivity contribution < 1.29 is 5.11 Å². The van der Waals surface area contributed by atoms with Crippen LogP contribution >= 0.6 is 15.9 Å². The topological polar surface area (TPSA) is 64.2 Å². The third-order valence-electron chi connectivity index (χ3n) is 4.62. The maximum absolute atomic E-state index is 12.9. The second-order valence-electron chi connectivity index (χ2n) is 6.03. The van der Waals surface area contributed by atoms with Crippen molar-refractivity contribution in [1.82, 2.24) is 9.36 Å². The predicted molar refractivity (Wildman–Crippen MR) is 93.4 cm³/mol. The average molecular weight is 375 g/mol. The summed E-state index contributed by atoms with van der Waals surface area (Å²) in [6.07, 6.45) is -0.708. The van der Waals surface area contributed by atoms with Crippen LogP contribution in [0.2, 0.25) is 0 Å². The zero-order valence-electron chi connectivity index (χ0n) is 12.4. The molecule has 2 aromatic carbocycles. The van der Waals surface area contributed by atoms with Crippen molar-refractivity contribution >= 4 is 37.5 Å². The molecule has 0 fully saturated rings. The van der Waals surface area contributed by atoms with Crippen LogP contribution in [0, 0.1) is 0 Å². The Morgan fingerprint density at radius 3 is 2.26 bits per heavy atom. The number of rotatable bonds is 0. The smallest absolute Gasteiger partial charge is 0.273 e. The Kier molecular flexibility index (Phi) is 3.21. The van der Waals surface area contributed by atoms with Crippen molar-refractivity contribution in [3.05, 3.63) is 57.1 Å². The Morgan fingerprint density at radius 1 is 1.09 bits per heavy atom. The lowest BCUT2D eigenvalue weighted by atomic mass is 10.0. The van der Waals surface area contributed by atoms with Gasteiger partial charge in [0.05, 0.1) is 34.3 Å². The van der Waals surface area contributed by atoms with E-state index in [0.717, 1.165) is 10.8 Å². The molecule has 118 valence electrons. The molecule has 1 unspecified atom stereocenters. The summed E-state index contributed by atoms with van der Waals surface area (Å²) >= 11 is 3.43. The van der Waals surface area contributed by atoms with Gasteiger partial charge in [-0.3, -0.25) is 9.59 Å². The molecule has 0 saturated carbocycles. The normalized spacial score (nSPS) is 24.0. The van der Waals surface area contributed by atoms with Crippen molar-refractivity contribution in [2.75, 3.05) is 0 Å². The standard InChI is InChI=1S/C17H15BrN2O3/c1-9-15(18)14(21)8-19-16(22)12-6-10-4-2-3-5-11(10)7-13(12)17(23)20(9)19/h2-7,9,14-15,21H,8H2,1H3/t9?,14-,15-/m1/s1. The molecule has 1 aromatic heterocycles. The van der Waals surface area contributed by atoms with Crippen molar-refractivity contribution in [3.63, 3.8) is 0 Å². The van der Waals surface area contributed by atoms with Crippen LogP contribution < -0.4 is 11.1 Å². The highest BCUT2D eigenvalue weighted by atomic mass is 79.9. The first-order chi connectivity index (χ1) is 11.0. The number of aliphatic hydroxyl groups excluding tert-OH is 1. The first-order valence-corrected chi connectivity index (χ1v) is 8.41. The van der Waals surface area contributed by atoms with Gasteiger partial charge in [-0.15, -0.1) is 0 Å². The first kappa shape index (κ1) is 14.7. The summed E-state index contributed by atoms with van der Waals surface area (Å²) in [5.74, 6) is 0. The minimum Gasteiger partial charge on any atom is -0.390 e. The Balaban J connectivity index is 2.17. The van der Waals surface area contributed by atoms with Crippen LogP contribution in [0.5, 0.6) is 0 Å². The van der Waals surface area contributed by atoms with Crippen molar-refractivity contribution in [2.45, 2.75) is 30.4 Å². The summed E-state index contributed by atoms with van der Waals surface area (Å²) in [5.41, 5.74) is -0.440. The highest BCUT2D eigenvalue weighted by Crippen LogP contribution is 2.26. The quantitative estimate of drug-likeness (QED) is 0.483.